The monoisotopic (exact) mass is 347 g/mol. The van der Waals surface area contributed by atoms with E-state index in [0.29, 0.717) is 13.1 Å². The number of likely N-dealkylation sites (tertiary alicyclic amines) is 1. The Morgan fingerprint density at radius 1 is 1.26 bits per heavy atom. The molecule has 0 aromatic heterocycles. The lowest BCUT2D eigenvalue weighted by Crippen LogP contribution is -2.47. The summed E-state index contributed by atoms with van der Waals surface area (Å²) in [7, 11) is 0. The first-order chi connectivity index (χ1) is 10.7. The second-order valence-corrected chi connectivity index (χ2v) is 7.02. The number of carbonyl (C=O) groups is 1. The molecule has 126 valence electrons. The van der Waals surface area contributed by atoms with Gasteiger partial charge in [-0.25, -0.2) is 4.79 Å². The number of amides is 1. The van der Waals surface area contributed by atoms with E-state index in [9.17, 15) is 18.0 Å². The van der Waals surface area contributed by atoms with E-state index in [-0.39, 0.29) is 16.4 Å². The predicted octanol–water partition coefficient (Wildman–Crippen LogP) is 5.00. The zero-order valence-corrected chi connectivity index (χ0v) is 13.1. The Labute approximate surface area is 137 Å². The van der Waals surface area contributed by atoms with Crippen LogP contribution in [0.25, 0.3) is 0 Å². The van der Waals surface area contributed by atoms with Gasteiger partial charge in [0.15, 0.2) is 0 Å². The van der Waals surface area contributed by atoms with Gasteiger partial charge in [-0.05, 0) is 54.7 Å². The van der Waals surface area contributed by atoms with Gasteiger partial charge in [0.25, 0.3) is 0 Å². The van der Waals surface area contributed by atoms with Gasteiger partial charge in [0, 0.05) is 13.1 Å². The molecule has 1 amide bonds. The standard InChI is InChI=1S/C16H17ClF3NO2/c17-13-7-10(1-2-12(13)16(18,19)20)11-8-15(9-11)3-5-21(6-4-15)14(22)23/h1-2,7,11H,3-6,8-9H2,(H,22,23). The summed E-state index contributed by atoms with van der Waals surface area (Å²) in [5.41, 5.74) is 0.187. The summed E-state index contributed by atoms with van der Waals surface area (Å²) >= 11 is 5.78. The summed E-state index contributed by atoms with van der Waals surface area (Å²) in [5.74, 6) is 0.214. The smallest absolute Gasteiger partial charge is 0.417 e. The Morgan fingerprint density at radius 2 is 1.87 bits per heavy atom. The topological polar surface area (TPSA) is 40.5 Å². The zero-order chi connectivity index (χ0) is 16.8. The molecular formula is C16H17ClF3NO2. The minimum atomic E-state index is -4.43. The molecule has 3 nitrogen and oxygen atoms in total. The fraction of sp³-hybridized carbons (Fsp3) is 0.562. The predicted molar refractivity (Wildman–Crippen MR) is 79.7 cm³/mol. The zero-order valence-electron chi connectivity index (χ0n) is 12.4. The lowest BCUT2D eigenvalue weighted by Gasteiger charge is -2.52. The summed E-state index contributed by atoms with van der Waals surface area (Å²) in [6.45, 7) is 1.08. The quantitative estimate of drug-likeness (QED) is 0.777. The average Bonchev–Trinajstić information content (AvgIpc) is 2.43. The first-order valence-corrected chi connectivity index (χ1v) is 7.93. The van der Waals surface area contributed by atoms with Crippen LogP contribution in [-0.4, -0.2) is 29.2 Å². The Morgan fingerprint density at radius 3 is 2.35 bits per heavy atom. The second-order valence-electron chi connectivity index (χ2n) is 6.61. The molecule has 1 saturated heterocycles. The van der Waals surface area contributed by atoms with Crippen molar-refractivity contribution in [3.8, 4) is 0 Å². The van der Waals surface area contributed by atoms with Gasteiger partial charge in [-0.1, -0.05) is 17.7 Å². The fourth-order valence-corrected chi connectivity index (χ4v) is 4.11. The number of carboxylic acid groups (broad SMARTS) is 1. The van der Waals surface area contributed by atoms with Crippen LogP contribution in [-0.2, 0) is 6.18 Å². The van der Waals surface area contributed by atoms with Gasteiger partial charge in [0.1, 0.15) is 0 Å². The first-order valence-electron chi connectivity index (χ1n) is 7.55. The highest BCUT2D eigenvalue weighted by molar-refractivity contribution is 6.31. The summed E-state index contributed by atoms with van der Waals surface area (Å²) in [5, 5.41) is 8.72. The molecule has 1 N–H and O–H groups in total. The van der Waals surface area contributed by atoms with Crippen molar-refractivity contribution < 1.29 is 23.1 Å². The van der Waals surface area contributed by atoms with E-state index in [2.05, 4.69) is 0 Å². The molecule has 0 radical (unpaired) electrons. The lowest BCUT2D eigenvalue weighted by molar-refractivity contribution is -0.137. The van der Waals surface area contributed by atoms with Crippen molar-refractivity contribution in [2.45, 2.75) is 37.8 Å². The van der Waals surface area contributed by atoms with E-state index < -0.39 is 17.8 Å². The van der Waals surface area contributed by atoms with Crippen LogP contribution in [0.3, 0.4) is 0 Å². The summed E-state index contributed by atoms with van der Waals surface area (Å²) in [4.78, 5) is 12.4. The average molecular weight is 348 g/mol. The van der Waals surface area contributed by atoms with E-state index in [4.69, 9.17) is 16.7 Å². The number of hydrogen-bond acceptors (Lipinski definition) is 1. The summed E-state index contributed by atoms with van der Waals surface area (Å²) in [6, 6.07) is 3.99. The Hall–Kier alpha value is -1.43. The third-order valence-electron chi connectivity index (χ3n) is 5.22. The number of alkyl halides is 3. The minimum Gasteiger partial charge on any atom is -0.465 e. The van der Waals surface area contributed by atoms with Crippen LogP contribution < -0.4 is 0 Å². The molecule has 1 saturated carbocycles. The van der Waals surface area contributed by atoms with Gasteiger partial charge in [-0.3, -0.25) is 0 Å². The van der Waals surface area contributed by atoms with Crippen LogP contribution in [0.5, 0.6) is 0 Å². The Balaban J connectivity index is 1.64. The maximum atomic E-state index is 12.7. The molecule has 7 heteroatoms. The molecule has 3 rings (SSSR count). The number of hydrogen-bond donors (Lipinski definition) is 1. The van der Waals surface area contributed by atoms with Crippen LogP contribution >= 0.6 is 11.6 Å². The van der Waals surface area contributed by atoms with Crippen molar-refractivity contribution in [2.24, 2.45) is 5.41 Å². The van der Waals surface area contributed by atoms with Gasteiger partial charge < -0.3 is 10.0 Å². The van der Waals surface area contributed by atoms with Crippen molar-refractivity contribution in [3.63, 3.8) is 0 Å². The normalized spacial score (nSPS) is 21.3. The van der Waals surface area contributed by atoms with Crippen LogP contribution in [0.1, 0.15) is 42.7 Å². The number of halogens is 4. The molecule has 23 heavy (non-hydrogen) atoms. The third kappa shape index (κ3) is 3.13. The molecule has 1 aromatic carbocycles. The molecule has 0 atom stereocenters. The second kappa shape index (κ2) is 5.58. The van der Waals surface area contributed by atoms with E-state index in [1.54, 1.807) is 0 Å². The van der Waals surface area contributed by atoms with Crippen molar-refractivity contribution in [1.82, 2.24) is 4.90 Å². The molecule has 1 aliphatic heterocycles. The number of piperidine rings is 1. The molecule has 0 bridgehead atoms. The number of nitrogens with zero attached hydrogens (tertiary/aromatic N) is 1. The SMILES string of the molecule is O=C(O)N1CCC2(CC1)CC(c1ccc(C(F)(F)F)c(Cl)c1)C2. The largest absolute Gasteiger partial charge is 0.465 e. The summed E-state index contributed by atoms with van der Waals surface area (Å²) in [6.07, 6.45) is -1.89. The van der Waals surface area contributed by atoms with Crippen LogP contribution in [0.2, 0.25) is 5.02 Å². The van der Waals surface area contributed by atoms with Crippen molar-refractivity contribution >= 4 is 17.7 Å². The van der Waals surface area contributed by atoms with Gasteiger partial charge >= 0.3 is 12.3 Å². The van der Waals surface area contributed by atoms with Crippen molar-refractivity contribution in [1.29, 1.82) is 0 Å². The maximum absolute atomic E-state index is 12.7. The minimum absolute atomic E-state index is 0.145. The lowest BCUT2D eigenvalue weighted by atomic mass is 9.56. The van der Waals surface area contributed by atoms with Crippen molar-refractivity contribution in [2.75, 3.05) is 13.1 Å². The van der Waals surface area contributed by atoms with Crippen molar-refractivity contribution in [3.05, 3.63) is 34.3 Å². The highest BCUT2D eigenvalue weighted by atomic mass is 35.5. The Kier molecular flexibility index (Phi) is 3.99. The fourth-order valence-electron chi connectivity index (χ4n) is 3.82. The van der Waals surface area contributed by atoms with Gasteiger partial charge in [0.05, 0.1) is 10.6 Å². The number of benzene rings is 1. The van der Waals surface area contributed by atoms with Gasteiger partial charge in [-0.2, -0.15) is 13.2 Å². The molecule has 1 spiro atoms. The van der Waals surface area contributed by atoms with Crippen LogP contribution in [0.4, 0.5) is 18.0 Å². The third-order valence-corrected chi connectivity index (χ3v) is 5.54. The van der Waals surface area contributed by atoms with Crippen LogP contribution in [0, 0.1) is 5.41 Å². The summed E-state index contributed by atoms with van der Waals surface area (Å²) < 4.78 is 38.2. The molecule has 2 fully saturated rings. The molecular weight excluding hydrogens is 331 g/mol. The van der Waals surface area contributed by atoms with E-state index in [1.807, 2.05) is 0 Å². The number of rotatable bonds is 1. The first kappa shape index (κ1) is 16.4. The van der Waals surface area contributed by atoms with E-state index in [1.165, 1.54) is 17.0 Å². The highest BCUT2D eigenvalue weighted by Gasteiger charge is 2.47. The van der Waals surface area contributed by atoms with Gasteiger partial charge in [-0.15, -0.1) is 0 Å². The van der Waals surface area contributed by atoms with Crippen LogP contribution in [0.15, 0.2) is 18.2 Å². The Bertz CT molecular complexity index is 616. The molecule has 1 aromatic rings. The van der Waals surface area contributed by atoms with E-state index >= 15 is 0 Å². The molecule has 1 heterocycles. The highest BCUT2D eigenvalue weighted by Crippen LogP contribution is 2.57. The van der Waals surface area contributed by atoms with E-state index in [0.717, 1.165) is 37.3 Å². The maximum Gasteiger partial charge on any atom is 0.417 e. The molecule has 1 aliphatic carbocycles. The molecule has 2 aliphatic rings. The molecule has 0 unspecified atom stereocenters. The van der Waals surface area contributed by atoms with Gasteiger partial charge in [0.2, 0.25) is 0 Å².